The van der Waals surface area contributed by atoms with Crippen LogP contribution in [0.5, 0.6) is 0 Å². The van der Waals surface area contributed by atoms with Crippen molar-refractivity contribution in [1.82, 2.24) is 10.5 Å². The predicted molar refractivity (Wildman–Crippen MR) is 94.3 cm³/mol. The molecule has 0 amide bonds. The van der Waals surface area contributed by atoms with Gasteiger partial charge in [-0.05, 0) is 37.0 Å². The number of rotatable bonds is 8. The van der Waals surface area contributed by atoms with Gasteiger partial charge in [0.25, 0.3) is 0 Å². The zero-order valence-corrected chi connectivity index (χ0v) is 14.0. The summed E-state index contributed by atoms with van der Waals surface area (Å²) in [7, 11) is 0. The molecule has 0 unspecified atom stereocenters. The Kier molecular flexibility index (Phi) is 6.60. The molecule has 1 aromatic carbocycles. The Hall–Kier alpha value is -1.95. The van der Waals surface area contributed by atoms with Crippen molar-refractivity contribution >= 4 is 5.69 Å². The first kappa shape index (κ1) is 16.9. The number of hydrogen-bond acceptors (Lipinski definition) is 5. The second-order valence-electron chi connectivity index (χ2n) is 5.96. The van der Waals surface area contributed by atoms with Crippen molar-refractivity contribution in [3.63, 3.8) is 0 Å². The van der Waals surface area contributed by atoms with Crippen LogP contribution in [0.25, 0.3) is 0 Å². The third-order valence-corrected chi connectivity index (χ3v) is 4.12. The summed E-state index contributed by atoms with van der Waals surface area (Å²) in [6, 6.07) is 14.2. The molecule has 1 aliphatic rings. The van der Waals surface area contributed by atoms with Crippen LogP contribution in [0.4, 0.5) is 5.69 Å². The van der Waals surface area contributed by atoms with E-state index in [9.17, 15) is 0 Å². The Morgan fingerprint density at radius 2 is 1.83 bits per heavy atom. The number of anilines is 1. The molecule has 0 radical (unpaired) electrons. The Morgan fingerprint density at radius 3 is 2.67 bits per heavy atom. The van der Waals surface area contributed by atoms with Gasteiger partial charge in [-0.2, -0.15) is 5.48 Å². The summed E-state index contributed by atoms with van der Waals surface area (Å²) >= 11 is 0. The van der Waals surface area contributed by atoms with Gasteiger partial charge in [0.2, 0.25) is 0 Å². The van der Waals surface area contributed by atoms with E-state index in [1.54, 1.807) is 0 Å². The highest BCUT2D eigenvalue weighted by Crippen LogP contribution is 2.20. The van der Waals surface area contributed by atoms with Gasteiger partial charge in [0.15, 0.2) is 0 Å². The zero-order valence-electron chi connectivity index (χ0n) is 14.0. The molecule has 3 rings (SSSR count). The molecule has 1 fully saturated rings. The van der Waals surface area contributed by atoms with Gasteiger partial charge in [-0.25, -0.2) is 0 Å². The average molecular weight is 327 g/mol. The number of hydroxylamine groups is 1. The molecule has 1 aliphatic heterocycles. The predicted octanol–water partition coefficient (Wildman–Crippen LogP) is 3.27. The fourth-order valence-corrected chi connectivity index (χ4v) is 2.84. The van der Waals surface area contributed by atoms with Crippen LogP contribution in [-0.4, -0.2) is 24.8 Å². The molecule has 0 bridgehead atoms. The molecule has 1 aromatic heterocycles. The Balaban J connectivity index is 1.36. The van der Waals surface area contributed by atoms with Crippen LogP contribution in [0.15, 0.2) is 48.7 Å². The van der Waals surface area contributed by atoms with Gasteiger partial charge in [-0.15, -0.1) is 0 Å². The maximum absolute atomic E-state index is 5.58. The van der Waals surface area contributed by atoms with Gasteiger partial charge in [-0.3, -0.25) is 9.82 Å². The van der Waals surface area contributed by atoms with E-state index in [-0.39, 0.29) is 0 Å². The van der Waals surface area contributed by atoms with Gasteiger partial charge >= 0.3 is 0 Å². The lowest BCUT2D eigenvalue weighted by Crippen LogP contribution is -2.29. The summed E-state index contributed by atoms with van der Waals surface area (Å²) in [5, 5.41) is 0. The molecule has 1 N–H and O–H groups in total. The van der Waals surface area contributed by atoms with Crippen molar-refractivity contribution < 1.29 is 9.57 Å². The van der Waals surface area contributed by atoms with Gasteiger partial charge < -0.3 is 9.64 Å². The first-order valence-electron chi connectivity index (χ1n) is 8.58. The largest absolute Gasteiger partial charge is 0.371 e. The van der Waals surface area contributed by atoms with Gasteiger partial charge in [0.1, 0.15) is 6.73 Å². The fourth-order valence-electron chi connectivity index (χ4n) is 2.84. The first-order chi connectivity index (χ1) is 11.9. The lowest BCUT2D eigenvalue weighted by atomic mass is 10.1. The van der Waals surface area contributed by atoms with Crippen LogP contribution in [0.1, 0.15) is 30.5 Å². The molecule has 5 heteroatoms. The van der Waals surface area contributed by atoms with Crippen LogP contribution in [0.2, 0.25) is 0 Å². The molecule has 0 atom stereocenters. The minimum atomic E-state index is 0.336. The van der Waals surface area contributed by atoms with E-state index in [2.05, 4.69) is 27.5 Å². The van der Waals surface area contributed by atoms with Crippen molar-refractivity contribution in [3.8, 4) is 0 Å². The minimum Gasteiger partial charge on any atom is -0.371 e. The van der Waals surface area contributed by atoms with E-state index in [0.29, 0.717) is 19.9 Å². The normalized spacial score (nSPS) is 14.8. The second-order valence-corrected chi connectivity index (χ2v) is 5.96. The van der Waals surface area contributed by atoms with Crippen LogP contribution < -0.4 is 10.4 Å². The Bertz CT molecular complexity index is 601. The summed E-state index contributed by atoms with van der Waals surface area (Å²) < 4.78 is 5.58. The lowest BCUT2D eigenvalue weighted by molar-refractivity contribution is -0.0469. The summed E-state index contributed by atoms with van der Waals surface area (Å²) in [5.41, 5.74) is 6.14. The minimum absolute atomic E-state index is 0.336. The lowest BCUT2D eigenvalue weighted by Gasteiger charge is -2.28. The maximum Gasteiger partial charge on any atom is 0.119 e. The highest BCUT2D eigenvalue weighted by molar-refractivity contribution is 5.46. The fraction of sp³-hybridized carbons (Fsp3) is 0.421. The smallest absolute Gasteiger partial charge is 0.119 e. The molecule has 2 aromatic rings. The highest BCUT2D eigenvalue weighted by Gasteiger charge is 2.11. The number of nitrogens with zero attached hydrogens (tertiary/aromatic N) is 2. The van der Waals surface area contributed by atoms with E-state index < -0.39 is 0 Å². The molecule has 5 nitrogen and oxygen atoms in total. The number of benzene rings is 1. The van der Waals surface area contributed by atoms with E-state index in [1.807, 2.05) is 36.5 Å². The number of pyridine rings is 1. The van der Waals surface area contributed by atoms with E-state index in [1.165, 1.54) is 24.9 Å². The van der Waals surface area contributed by atoms with Gasteiger partial charge in [-0.1, -0.05) is 30.3 Å². The summed E-state index contributed by atoms with van der Waals surface area (Å²) in [5.74, 6) is 0. The monoisotopic (exact) mass is 327 g/mol. The maximum atomic E-state index is 5.58. The van der Waals surface area contributed by atoms with Crippen molar-refractivity contribution in [2.75, 3.05) is 24.7 Å². The molecular weight excluding hydrogens is 302 g/mol. The quantitative estimate of drug-likeness (QED) is 0.458. The number of nitrogens with one attached hydrogen (secondary N) is 1. The molecule has 2 heterocycles. The molecule has 0 spiro atoms. The van der Waals surface area contributed by atoms with E-state index in [4.69, 9.17) is 9.57 Å². The standard InChI is InChI=1S/C19H25N3O2/c1-3-7-17(8-4-1)14-24-21-16-23-15-18-13-19(9-10-20-18)22-11-5-2-6-12-22/h1,3-4,7-10,13,21H,2,5-6,11-12,14-16H2. The van der Waals surface area contributed by atoms with Crippen molar-refractivity contribution in [2.24, 2.45) is 0 Å². The molecule has 128 valence electrons. The Morgan fingerprint density at radius 1 is 1.00 bits per heavy atom. The number of aromatic nitrogens is 1. The van der Waals surface area contributed by atoms with Crippen molar-refractivity contribution in [3.05, 3.63) is 59.9 Å². The average Bonchev–Trinajstić information content (AvgIpc) is 2.66. The Labute approximate surface area is 143 Å². The second kappa shape index (κ2) is 9.37. The number of piperidine rings is 1. The molecule has 24 heavy (non-hydrogen) atoms. The molecule has 0 aliphatic carbocycles. The third-order valence-electron chi connectivity index (χ3n) is 4.12. The summed E-state index contributed by atoms with van der Waals surface area (Å²) in [6.07, 6.45) is 5.75. The van der Waals surface area contributed by atoms with Gasteiger partial charge in [0.05, 0.1) is 18.9 Å². The zero-order chi connectivity index (χ0) is 16.5. The topological polar surface area (TPSA) is 46.6 Å². The van der Waals surface area contributed by atoms with Crippen LogP contribution in [-0.2, 0) is 22.8 Å². The molecule has 1 saturated heterocycles. The summed E-state index contributed by atoms with van der Waals surface area (Å²) in [6.45, 7) is 3.61. The van der Waals surface area contributed by atoms with Gasteiger partial charge in [0, 0.05) is 25.0 Å². The van der Waals surface area contributed by atoms with Crippen LogP contribution >= 0.6 is 0 Å². The SMILES string of the molecule is c1ccc(CONCOCc2cc(N3CCCCC3)ccn2)cc1. The van der Waals surface area contributed by atoms with Crippen molar-refractivity contribution in [1.29, 1.82) is 0 Å². The third kappa shape index (κ3) is 5.30. The molecular formula is C19H25N3O2. The molecule has 0 saturated carbocycles. The highest BCUT2D eigenvalue weighted by atomic mass is 16.7. The van der Waals surface area contributed by atoms with Crippen LogP contribution in [0, 0.1) is 0 Å². The van der Waals surface area contributed by atoms with Crippen LogP contribution in [0.3, 0.4) is 0 Å². The number of hydrogen-bond donors (Lipinski definition) is 1. The van der Waals surface area contributed by atoms with E-state index in [0.717, 1.165) is 24.3 Å². The number of ether oxygens (including phenoxy) is 1. The summed E-state index contributed by atoms with van der Waals surface area (Å²) in [4.78, 5) is 12.2. The van der Waals surface area contributed by atoms with E-state index >= 15 is 0 Å². The van der Waals surface area contributed by atoms with Crippen molar-refractivity contribution in [2.45, 2.75) is 32.5 Å². The first-order valence-corrected chi connectivity index (χ1v) is 8.58.